The molecule has 4 N–H and O–H groups in total. The number of carbonyl (C=O) groups excluding carboxylic acids is 1. The number of sulfonamides is 1. The Bertz CT molecular complexity index is 1850. The first-order valence-electron chi connectivity index (χ1n) is 13.1. The Kier molecular flexibility index (Phi) is 10.4. The first-order valence-corrected chi connectivity index (χ1v) is 15.8. The summed E-state index contributed by atoms with van der Waals surface area (Å²) in [6.07, 6.45) is -5.61. The summed E-state index contributed by atoms with van der Waals surface area (Å²) in [7, 11) is -2.46. The third-order valence-electron chi connectivity index (χ3n) is 6.46. The van der Waals surface area contributed by atoms with Crippen molar-refractivity contribution < 1.29 is 49.8 Å². The Balaban J connectivity index is 0.000000617. The van der Waals surface area contributed by atoms with Gasteiger partial charge in [-0.05, 0) is 35.4 Å². The van der Waals surface area contributed by atoms with Crippen LogP contribution in [0.2, 0.25) is 4.34 Å². The van der Waals surface area contributed by atoms with Crippen LogP contribution in [0.1, 0.15) is 17.5 Å². The second-order valence-corrected chi connectivity index (χ2v) is 13.5. The smallest absolute Gasteiger partial charge is 0.490 e. The number of anilines is 1. The number of fused-ring (bicyclic) bond motifs is 1. The number of hydrogen-bond donors (Lipinski definition) is 4. The highest BCUT2D eigenvalue weighted by Crippen LogP contribution is 2.35. The van der Waals surface area contributed by atoms with Crippen molar-refractivity contribution in [2.24, 2.45) is 0 Å². The number of aliphatic carboxylic acids is 1. The van der Waals surface area contributed by atoms with Gasteiger partial charge in [0, 0.05) is 13.0 Å². The molecule has 1 aliphatic heterocycles. The monoisotopic (exact) mass is 709 g/mol. The fraction of sp³-hybridized carbons (Fsp3) is 0.296. The van der Waals surface area contributed by atoms with Crippen molar-refractivity contribution in [1.82, 2.24) is 20.4 Å². The van der Waals surface area contributed by atoms with Gasteiger partial charge in [0.25, 0.3) is 15.9 Å². The number of hydrogen-bond acceptors (Lipinski definition) is 8. The van der Waals surface area contributed by atoms with E-state index in [1.807, 2.05) is 24.3 Å². The number of benzene rings is 2. The van der Waals surface area contributed by atoms with E-state index in [4.69, 9.17) is 26.2 Å². The number of carboxylic acid groups (broad SMARTS) is 1. The molecule has 3 heterocycles. The van der Waals surface area contributed by atoms with E-state index in [1.54, 1.807) is 22.9 Å². The number of carboxylic acids is 1. The predicted molar refractivity (Wildman–Crippen MR) is 159 cm³/mol. The maximum atomic E-state index is 13.4. The lowest BCUT2D eigenvalue weighted by Gasteiger charge is -2.12. The van der Waals surface area contributed by atoms with Crippen LogP contribution in [0.5, 0.6) is 5.75 Å². The molecule has 1 saturated heterocycles. The number of ether oxygens (including phenoxy) is 1. The molecular weight excluding hydrogens is 685 g/mol. The molecule has 0 radical (unpaired) electrons. The van der Waals surface area contributed by atoms with Crippen LogP contribution in [-0.2, 0) is 32.7 Å². The highest BCUT2D eigenvalue weighted by Gasteiger charge is 2.42. The largest absolute Gasteiger partial charge is 0.496 e. The number of methoxy groups -OCH3 is 1. The lowest BCUT2D eigenvalue weighted by molar-refractivity contribution is -0.192. The SMILES string of the molecule is COc1cccc2c1c(NS(=O)(=O)c1ccc(Cl)s1)nn2Cc1cccc(CNC(=O)[C@H]2CC(F)(F)CN2)c1.O=C(O)C(F)(F)F. The number of halogens is 6. The highest BCUT2D eigenvalue weighted by molar-refractivity contribution is 7.94. The number of nitrogens with zero attached hydrogens (tertiary/aromatic N) is 2. The highest BCUT2D eigenvalue weighted by atomic mass is 35.5. The van der Waals surface area contributed by atoms with Crippen LogP contribution in [-0.4, -0.2) is 67.0 Å². The van der Waals surface area contributed by atoms with Crippen LogP contribution < -0.4 is 20.1 Å². The molecule has 4 aromatic rings. The molecule has 248 valence electrons. The molecule has 0 spiro atoms. The second-order valence-electron chi connectivity index (χ2n) is 9.86. The normalized spacial score (nSPS) is 16.0. The molecule has 0 bridgehead atoms. The van der Waals surface area contributed by atoms with Gasteiger partial charge in [0.15, 0.2) is 5.82 Å². The summed E-state index contributed by atoms with van der Waals surface area (Å²) in [5.74, 6) is -5.57. The van der Waals surface area contributed by atoms with Crippen molar-refractivity contribution in [3.05, 3.63) is 70.1 Å². The van der Waals surface area contributed by atoms with Crippen molar-refractivity contribution in [3.63, 3.8) is 0 Å². The first-order chi connectivity index (χ1) is 21.5. The molecule has 1 amide bonds. The van der Waals surface area contributed by atoms with Gasteiger partial charge in [-0.25, -0.2) is 22.0 Å². The third kappa shape index (κ3) is 8.62. The number of thiophene rings is 1. The number of carbonyl (C=O) groups is 2. The van der Waals surface area contributed by atoms with E-state index in [-0.39, 0.29) is 23.1 Å². The Morgan fingerprint density at radius 2 is 1.85 bits per heavy atom. The Morgan fingerprint density at radius 3 is 2.43 bits per heavy atom. The number of alkyl halides is 5. The predicted octanol–water partition coefficient (Wildman–Crippen LogP) is 4.86. The molecule has 0 saturated carbocycles. The van der Waals surface area contributed by atoms with E-state index >= 15 is 0 Å². The van der Waals surface area contributed by atoms with Crippen LogP contribution in [0.3, 0.4) is 0 Å². The van der Waals surface area contributed by atoms with Crippen LogP contribution in [0, 0.1) is 0 Å². The van der Waals surface area contributed by atoms with Crippen LogP contribution in [0.4, 0.5) is 27.8 Å². The van der Waals surface area contributed by atoms with Gasteiger partial charge in [-0.2, -0.15) is 18.3 Å². The molecule has 1 aliphatic rings. The average Bonchev–Trinajstić information content (AvgIpc) is 3.68. The molecule has 46 heavy (non-hydrogen) atoms. The summed E-state index contributed by atoms with van der Waals surface area (Å²) in [6, 6.07) is 14.7. The lowest BCUT2D eigenvalue weighted by Crippen LogP contribution is -2.40. The van der Waals surface area contributed by atoms with Crippen molar-refractivity contribution in [2.75, 3.05) is 18.4 Å². The third-order valence-corrected chi connectivity index (χ3v) is 9.53. The van der Waals surface area contributed by atoms with Gasteiger partial charge in [0.2, 0.25) is 5.91 Å². The lowest BCUT2D eigenvalue weighted by atomic mass is 10.1. The molecule has 19 heteroatoms. The molecule has 2 aromatic carbocycles. The van der Waals surface area contributed by atoms with Gasteiger partial charge in [0.1, 0.15) is 9.96 Å². The average molecular weight is 710 g/mol. The van der Waals surface area contributed by atoms with E-state index in [1.165, 1.54) is 19.2 Å². The number of rotatable bonds is 9. The van der Waals surface area contributed by atoms with Crippen molar-refractivity contribution in [2.45, 2.75) is 41.9 Å². The minimum Gasteiger partial charge on any atom is -0.496 e. The van der Waals surface area contributed by atoms with E-state index in [0.29, 0.717) is 21.0 Å². The summed E-state index contributed by atoms with van der Waals surface area (Å²) in [6.45, 7) is -0.0602. The zero-order chi connectivity index (χ0) is 33.9. The quantitative estimate of drug-likeness (QED) is 0.180. The summed E-state index contributed by atoms with van der Waals surface area (Å²) in [5.41, 5.74) is 2.25. The van der Waals surface area contributed by atoms with Gasteiger partial charge in [-0.15, -0.1) is 11.3 Å². The molecule has 11 nitrogen and oxygen atoms in total. The fourth-order valence-electron chi connectivity index (χ4n) is 4.40. The summed E-state index contributed by atoms with van der Waals surface area (Å²) >= 11 is 6.87. The molecule has 0 aliphatic carbocycles. The molecule has 1 fully saturated rings. The van der Waals surface area contributed by atoms with Crippen LogP contribution >= 0.6 is 22.9 Å². The number of amides is 1. The topological polar surface area (TPSA) is 152 Å². The minimum absolute atomic E-state index is 0.0522. The fourth-order valence-corrected chi connectivity index (χ4v) is 6.90. The van der Waals surface area contributed by atoms with E-state index in [2.05, 4.69) is 20.5 Å². The standard InChI is InChI=1S/C25H24ClF2N5O4S2.C2HF3O2/c1-37-19-7-3-6-18-22(19)23(32-39(35,36)21-9-8-20(26)38-21)31-33(18)13-16-5-2-4-15(10-16)12-29-24(34)17-11-25(27,28)14-30-17;3-2(4,5)1(6)7/h2-10,17,30H,11-14H2,1H3,(H,29,34)(H,31,32);(H,6,7)/t17-;/m1./s1. The Hall–Kier alpha value is -4.00. The maximum absolute atomic E-state index is 13.4. The van der Waals surface area contributed by atoms with E-state index in [0.717, 1.165) is 22.5 Å². The molecule has 2 aromatic heterocycles. The van der Waals surface area contributed by atoms with Crippen molar-refractivity contribution in [1.29, 1.82) is 0 Å². The van der Waals surface area contributed by atoms with Gasteiger partial charge < -0.3 is 15.2 Å². The van der Waals surface area contributed by atoms with Gasteiger partial charge in [-0.1, -0.05) is 41.9 Å². The molecule has 1 atom stereocenters. The van der Waals surface area contributed by atoms with E-state index < -0.39 is 53.0 Å². The Morgan fingerprint density at radius 1 is 1.17 bits per heavy atom. The van der Waals surface area contributed by atoms with Crippen molar-refractivity contribution in [3.8, 4) is 5.75 Å². The van der Waals surface area contributed by atoms with Gasteiger partial charge in [-0.3, -0.25) is 19.5 Å². The number of aromatic nitrogens is 2. The van der Waals surface area contributed by atoms with Crippen LogP contribution in [0.15, 0.2) is 58.8 Å². The minimum atomic E-state index is -5.08. The molecular formula is C27H25ClF5N5O6S2. The molecule has 5 rings (SSSR count). The zero-order valence-electron chi connectivity index (χ0n) is 23.6. The summed E-state index contributed by atoms with van der Waals surface area (Å²) in [4.78, 5) is 21.2. The number of nitrogens with one attached hydrogen (secondary N) is 3. The zero-order valence-corrected chi connectivity index (χ0v) is 26.0. The molecule has 0 unspecified atom stereocenters. The summed E-state index contributed by atoms with van der Waals surface area (Å²) < 4.78 is 94.7. The Labute approximate surface area is 267 Å². The first kappa shape index (κ1) is 34.9. The van der Waals surface area contributed by atoms with E-state index in [9.17, 15) is 35.2 Å². The van der Waals surface area contributed by atoms with Gasteiger partial charge in [0.05, 0.1) is 41.5 Å². The van der Waals surface area contributed by atoms with Crippen molar-refractivity contribution >= 4 is 61.6 Å². The maximum Gasteiger partial charge on any atom is 0.490 e. The second kappa shape index (κ2) is 13.8. The summed E-state index contributed by atoms with van der Waals surface area (Å²) in [5, 5.41) is 17.4. The van der Waals surface area contributed by atoms with Crippen LogP contribution in [0.25, 0.3) is 10.9 Å². The van der Waals surface area contributed by atoms with Gasteiger partial charge >= 0.3 is 12.1 Å².